The lowest BCUT2D eigenvalue weighted by atomic mass is 9.91. The van der Waals surface area contributed by atoms with Gasteiger partial charge in [-0.15, -0.1) is 0 Å². The number of hydrogen-bond donors (Lipinski definition) is 3. The van der Waals surface area contributed by atoms with Crippen LogP contribution in [0.2, 0.25) is 0 Å². The second-order valence-electron chi connectivity index (χ2n) is 7.09. The standard InChI is InChI=1S/C18H24N8O/c1-11-15(10-25(2)24-11)22-18(27)12-9-20-26-8-7-16(23-17(12)26)21-14-6-4-3-5-13(14)19/h7-10,13-14H,3-6,19H2,1-2H3,(H,21,23)(H,22,27)/t13-,14+/m0/s1. The van der Waals surface area contributed by atoms with E-state index in [-0.39, 0.29) is 18.0 Å². The molecule has 0 aromatic carbocycles. The molecule has 0 spiro atoms. The Balaban J connectivity index is 1.58. The number of nitrogens with one attached hydrogen (secondary N) is 2. The van der Waals surface area contributed by atoms with Crippen molar-refractivity contribution in [2.24, 2.45) is 12.8 Å². The number of anilines is 2. The van der Waals surface area contributed by atoms with Crippen molar-refractivity contribution in [2.45, 2.75) is 44.7 Å². The van der Waals surface area contributed by atoms with Crippen LogP contribution in [0, 0.1) is 6.92 Å². The largest absolute Gasteiger partial charge is 0.366 e. The summed E-state index contributed by atoms with van der Waals surface area (Å²) < 4.78 is 3.26. The van der Waals surface area contributed by atoms with E-state index in [0.29, 0.717) is 22.7 Å². The highest BCUT2D eigenvalue weighted by Crippen LogP contribution is 2.21. The van der Waals surface area contributed by atoms with Crippen LogP contribution in [0.5, 0.6) is 0 Å². The van der Waals surface area contributed by atoms with Crippen molar-refractivity contribution in [3.05, 3.63) is 35.9 Å². The molecule has 27 heavy (non-hydrogen) atoms. The third-order valence-electron chi connectivity index (χ3n) is 5.03. The van der Waals surface area contributed by atoms with Crippen molar-refractivity contribution in [1.82, 2.24) is 24.4 Å². The van der Waals surface area contributed by atoms with Gasteiger partial charge in [-0.05, 0) is 25.8 Å². The van der Waals surface area contributed by atoms with Gasteiger partial charge in [-0.2, -0.15) is 10.2 Å². The van der Waals surface area contributed by atoms with Crippen LogP contribution in [0.1, 0.15) is 41.7 Å². The molecule has 0 saturated heterocycles. The summed E-state index contributed by atoms with van der Waals surface area (Å²) in [4.78, 5) is 17.3. The van der Waals surface area contributed by atoms with E-state index < -0.39 is 0 Å². The lowest BCUT2D eigenvalue weighted by Crippen LogP contribution is -2.42. The Hall–Kier alpha value is -2.94. The highest BCUT2D eigenvalue weighted by Gasteiger charge is 2.22. The predicted octanol–water partition coefficient (Wildman–Crippen LogP) is 1.71. The minimum atomic E-state index is -0.264. The zero-order chi connectivity index (χ0) is 19.0. The van der Waals surface area contributed by atoms with Crippen LogP contribution in [-0.2, 0) is 7.05 Å². The van der Waals surface area contributed by atoms with E-state index in [2.05, 4.69) is 25.8 Å². The highest BCUT2D eigenvalue weighted by molar-refractivity contribution is 6.08. The molecule has 4 N–H and O–H groups in total. The molecular formula is C18H24N8O. The van der Waals surface area contributed by atoms with Gasteiger partial charge in [0.05, 0.1) is 17.6 Å². The zero-order valence-corrected chi connectivity index (χ0v) is 15.5. The molecule has 1 saturated carbocycles. The van der Waals surface area contributed by atoms with Crippen LogP contribution in [0.15, 0.2) is 24.7 Å². The first-order chi connectivity index (χ1) is 13.0. The lowest BCUT2D eigenvalue weighted by Gasteiger charge is -2.29. The molecule has 1 amide bonds. The Kier molecular flexibility index (Phi) is 4.53. The van der Waals surface area contributed by atoms with Gasteiger partial charge in [0.25, 0.3) is 5.91 Å². The van der Waals surface area contributed by atoms with Crippen LogP contribution in [-0.4, -0.2) is 42.4 Å². The van der Waals surface area contributed by atoms with Crippen molar-refractivity contribution >= 4 is 23.1 Å². The van der Waals surface area contributed by atoms with E-state index in [1.165, 1.54) is 19.0 Å². The van der Waals surface area contributed by atoms with Crippen LogP contribution in [0.25, 0.3) is 5.65 Å². The fourth-order valence-corrected chi connectivity index (χ4v) is 3.55. The number of nitrogens with two attached hydrogens (primary N) is 1. The minimum absolute atomic E-state index is 0.123. The molecule has 3 aromatic rings. The van der Waals surface area contributed by atoms with Gasteiger partial charge in [-0.25, -0.2) is 9.50 Å². The van der Waals surface area contributed by atoms with Gasteiger partial charge >= 0.3 is 0 Å². The van der Waals surface area contributed by atoms with Crippen LogP contribution >= 0.6 is 0 Å². The monoisotopic (exact) mass is 368 g/mol. The number of aryl methyl sites for hydroxylation is 2. The van der Waals surface area contributed by atoms with E-state index in [4.69, 9.17) is 5.73 Å². The topological polar surface area (TPSA) is 115 Å². The molecule has 0 unspecified atom stereocenters. The smallest absolute Gasteiger partial charge is 0.261 e. The van der Waals surface area contributed by atoms with Gasteiger partial charge in [0.1, 0.15) is 11.4 Å². The maximum atomic E-state index is 12.7. The summed E-state index contributed by atoms with van der Waals surface area (Å²) in [5, 5.41) is 14.8. The summed E-state index contributed by atoms with van der Waals surface area (Å²) >= 11 is 0. The molecule has 3 aromatic heterocycles. The number of carbonyl (C=O) groups is 1. The fourth-order valence-electron chi connectivity index (χ4n) is 3.55. The first kappa shape index (κ1) is 17.5. The molecular weight excluding hydrogens is 344 g/mol. The van der Waals surface area contributed by atoms with E-state index >= 15 is 0 Å². The normalized spacial score (nSPS) is 20.0. The van der Waals surface area contributed by atoms with Crippen LogP contribution < -0.4 is 16.4 Å². The van der Waals surface area contributed by atoms with Gasteiger partial charge in [-0.3, -0.25) is 9.48 Å². The van der Waals surface area contributed by atoms with Crippen molar-refractivity contribution in [2.75, 3.05) is 10.6 Å². The maximum Gasteiger partial charge on any atom is 0.261 e. The van der Waals surface area contributed by atoms with Gasteiger partial charge in [0.2, 0.25) is 0 Å². The second-order valence-corrected chi connectivity index (χ2v) is 7.09. The van der Waals surface area contributed by atoms with Crippen molar-refractivity contribution in [1.29, 1.82) is 0 Å². The summed E-state index contributed by atoms with van der Waals surface area (Å²) in [6, 6.07) is 2.18. The summed E-state index contributed by atoms with van der Waals surface area (Å²) in [7, 11) is 1.81. The summed E-state index contributed by atoms with van der Waals surface area (Å²) in [6.07, 6.45) is 9.48. The molecule has 9 heteroatoms. The lowest BCUT2D eigenvalue weighted by molar-refractivity contribution is 0.102. The van der Waals surface area contributed by atoms with Gasteiger partial charge in [-0.1, -0.05) is 12.8 Å². The Morgan fingerprint density at radius 1 is 1.33 bits per heavy atom. The maximum absolute atomic E-state index is 12.7. The highest BCUT2D eigenvalue weighted by atomic mass is 16.1. The molecule has 0 bridgehead atoms. The summed E-state index contributed by atoms with van der Waals surface area (Å²) in [5.74, 6) is 0.442. The van der Waals surface area contributed by atoms with E-state index in [9.17, 15) is 4.79 Å². The van der Waals surface area contributed by atoms with E-state index in [1.807, 2.05) is 20.0 Å². The molecule has 0 radical (unpaired) electrons. The first-order valence-electron chi connectivity index (χ1n) is 9.19. The molecule has 1 aliphatic rings. The summed E-state index contributed by atoms with van der Waals surface area (Å²) in [5.41, 5.74) is 8.56. The third kappa shape index (κ3) is 3.50. The van der Waals surface area contributed by atoms with Gasteiger partial charge in [0, 0.05) is 31.5 Å². The van der Waals surface area contributed by atoms with Crippen LogP contribution in [0.4, 0.5) is 11.5 Å². The number of nitrogens with zero attached hydrogens (tertiary/aromatic N) is 5. The number of aromatic nitrogens is 5. The molecule has 3 heterocycles. The Morgan fingerprint density at radius 3 is 2.89 bits per heavy atom. The number of fused-ring (bicyclic) bond motifs is 1. The Morgan fingerprint density at radius 2 is 2.15 bits per heavy atom. The van der Waals surface area contributed by atoms with Gasteiger partial charge < -0.3 is 16.4 Å². The second kappa shape index (κ2) is 6.99. The van der Waals surface area contributed by atoms with Crippen LogP contribution in [0.3, 0.4) is 0 Å². The van der Waals surface area contributed by atoms with Crippen molar-refractivity contribution in [3.63, 3.8) is 0 Å². The van der Waals surface area contributed by atoms with E-state index in [0.717, 1.165) is 18.5 Å². The number of amides is 1. The number of carbonyl (C=O) groups excluding carboxylic acids is 1. The fraction of sp³-hybridized carbons (Fsp3) is 0.444. The van der Waals surface area contributed by atoms with E-state index in [1.54, 1.807) is 21.6 Å². The van der Waals surface area contributed by atoms with Crippen molar-refractivity contribution < 1.29 is 4.79 Å². The molecule has 1 fully saturated rings. The average molecular weight is 368 g/mol. The molecule has 1 aliphatic carbocycles. The number of hydrogen-bond acceptors (Lipinski definition) is 6. The van der Waals surface area contributed by atoms with Gasteiger partial charge in [0.15, 0.2) is 5.65 Å². The predicted molar refractivity (Wildman–Crippen MR) is 103 cm³/mol. The average Bonchev–Trinajstić information content (AvgIpc) is 3.19. The Bertz CT molecular complexity index is 975. The van der Waals surface area contributed by atoms with Crippen molar-refractivity contribution in [3.8, 4) is 0 Å². The Labute approximate surface area is 157 Å². The molecule has 2 atom stereocenters. The zero-order valence-electron chi connectivity index (χ0n) is 15.5. The first-order valence-corrected chi connectivity index (χ1v) is 9.19. The SMILES string of the molecule is Cc1nn(C)cc1NC(=O)c1cnn2ccc(N[C@@H]3CCCC[C@@H]3N)nc12. The molecule has 4 rings (SSSR count). The molecule has 0 aliphatic heterocycles. The summed E-state index contributed by atoms with van der Waals surface area (Å²) in [6.45, 7) is 1.85. The molecule has 142 valence electrons. The minimum Gasteiger partial charge on any atom is -0.366 e. The third-order valence-corrected chi connectivity index (χ3v) is 5.03. The number of rotatable bonds is 4. The molecule has 9 nitrogen and oxygen atoms in total. The quantitative estimate of drug-likeness (QED) is 0.646.